The molecule has 41 heavy (non-hydrogen) atoms. The quantitative estimate of drug-likeness (QED) is 0.202. The number of carbonyl (C=O) groups excluding carboxylic acids is 3. The molecule has 1 spiro atoms. The van der Waals surface area contributed by atoms with Gasteiger partial charge in [0.2, 0.25) is 0 Å². The Morgan fingerprint density at radius 1 is 0.902 bits per heavy atom. The van der Waals surface area contributed by atoms with Crippen molar-refractivity contribution in [2.24, 2.45) is 5.41 Å². The van der Waals surface area contributed by atoms with Crippen LogP contribution in [0.1, 0.15) is 48.1 Å². The maximum absolute atomic E-state index is 15.8. The zero-order valence-electron chi connectivity index (χ0n) is 21.9. The molecule has 2 heterocycles. The van der Waals surface area contributed by atoms with E-state index < -0.39 is 40.8 Å². The predicted molar refractivity (Wildman–Crippen MR) is 155 cm³/mol. The molecule has 7 heteroatoms. The molecule has 0 aromatic heterocycles. The summed E-state index contributed by atoms with van der Waals surface area (Å²) >= 11 is 6.33. The molecule has 1 fully saturated rings. The Morgan fingerprint density at radius 2 is 1.61 bits per heavy atom. The lowest BCUT2D eigenvalue weighted by atomic mass is 9.64. The molecule has 3 atom stereocenters. The van der Waals surface area contributed by atoms with Crippen LogP contribution in [-0.4, -0.2) is 36.5 Å². The van der Waals surface area contributed by atoms with Crippen molar-refractivity contribution in [3.63, 3.8) is 0 Å². The molecule has 0 saturated carbocycles. The van der Waals surface area contributed by atoms with Crippen molar-refractivity contribution in [3.8, 4) is 5.75 Å². The van der Waals surface area contributed by atoms with Crippen molar-refractivity contribution < 1.29 is 23.5 Å². The van der Waals surface area contributed by atoms with Crippen molar-refractivity contribution in [1.29, 1.82) is 0 Å². The van der Waals surface area contributed by atoms with E-state index in [0.29, 0.717) is 22.0 Å². The Morgan fingerprint density at radius 3 is 2.32 bits per heavy atom. The summed E-state index contributed by atoms with van der Waals surface area (Å²) in [6.45, 7) is 0. The van der Waals surface area contributed by atoms with Crippen LogP contribution in [0.2, 0.25) is 5.02 Å². The van der Waals surface area contributed by atoms with Crippen molar-refractivity contribution >= 4 is 40.7 Å². The number of carbonyl (C=O) groups is 3. The second-order valence-corrected chi connectivity index (χ2v) is 11.0. The number of hydrogen-bond donors (Lipinski definition) is 0. The molecule has 3 aliphatic rings. The summed E-state index contributed by atoms with van der Waals surface area (Å²) in [7, 11) is 1.51. The molecule has 2 aliphatic heterocycles. The fourth-order valence-electron chi connectivity index (χ4n) is 6.97. The number of ether oxygens (including phenoxy) is 1. The zero-order chi connectivity index (χ0) is 28.5. The molecule has 1 saturated heterocycles. The smallest absolute Gasteiger partial charge is 0.186 e. The van der Waals surface area contributed by atoms with Crippen LogP contribution in [0.15, 0.2) is 97.1 Å². The summed E-state index contributed by atoms with van der Waals surface area (Å²) in [6.07, 6.45) is 3.61. The van der Waals surface area contributed by atoms with E-state index >= 15 is 4.39 Å². The summed E-state index contributed by atoms with van der Waals surface area (Å²) in [5.41, 5.74) is 0.620. The van der Waals surface area contributed by atoms with Crippen LogP contribution < -0.4 is 9.64 Å². The van der Waals surface area contributed by atoms with Crippen molar-refractivity contribution in [2.45, 2.75) is 18.0 Å². The number of nitrogens with zero attached hydrogens (tertiary/aromatic N) is 1. The molecule has 0 unspecified atom stereocenters. The van der Waals surface area contributed by atoms with Gasteiger partial charge in [-0.1, -0.05) is 78.4 Å². The van der Waals surface area contributed by atoms with Crippen LogP contribution in [-0.2, 0) is 0 Å². The van der Waals surface area contributed by atoms with Crippen molar-refractivity contribution in [3.05, 3.63) is 136 Å². The zero-order valence-corrected chi connectivity index (χ0v) is 22.6. The van der Waals surface area contributed by atoms with Gasteiger partial charge in [-0.3, -0.25) is 14.4 Å². The van der Waals surface area contributed by atoms with Crippen LogP contribution in [0.4, 0.5) is 10.1 Å². The third-order valence-electron chi connectivity index (χ3n) is 8.63. The van der Waals surface area contributed by atoms with Gasteiger partial charge in [-0.2, -0.15) is 0 Å². The Labute approximate surface area is 240 Å². The number of fused-ring (bicyclic) bond motifs is 5. The standard InChI is InChI=1S/C34H23ClFNO4/c1-41-22-8-6-7-20(18-22)31(38)30-29(25-11-4-5-12-26(25)36)34(32(39)23-9-2-3-10-24(23)33(34)40)28-16-13-19-17-21(35)14-15-27(19)37(28)30/h2-18,28-30H,1H3/t28-,29-,30+/m0/s1. The van der Waals surface area contributed by atoms with Crippen LogP contribution in [0.25, 0.3) is 6.08 Å². The summed E-state index contributed by atoms with van der Waals surface area (Å²) in [6, 6.07) is 22.8. The van der Waals surface area contributed by atoms with E-state index in [4.69, 9.17) is 16.3 Å². The molecule has 4 aromatic rings. The van der Waals surface area contributed by atoms with Crippen molar-refractivity contribution in [1.82, 2.24) is 0 Å². The van der Waals surface area contributed by atoms with E-state index in [2.05, 4.69) is 0 Å². The molecule has 4 aromatic carbocycles. The van der Waals surface area contributed by atoms with E-state index in [0.717, 1.165) is 5.56 Å². The van der Waals surface area contributed by atoms with Crippen LogP contribution in [0.5, 0.6) is 5.75 Å². The molecule has 5 nitrogen and oxygen atoms in total. The second kappa shape index (κ2) is 9.25. The lowest BCUT2D eigenvalue weighted by Gasteiger charge is -2.37. The number of Topliss-reactive ketones (excluding diaryl/α,β-unsaturated/α-hetero) is 3. The number of anilines is 1. The third kappa shape index (κ3) is 3.44. The van der Waals surface area contributed by atoms with Crippen molar-refractivity contribution in [2.75, 3.05) is 12.0 Å². The van der Waals surface area contributed by atoms with Crippen LogP contribution >= 0.6 is 11.6 Å². The van der Waals surface area contributed by atoms with Gasteiger partial charge >= 0.3 is 0 Å². The van der Waals surface area contributed by atoms with Crippen LogP contribution in [0, 0.1) is 11.2 Å². The fraction of sp³-hybridized carbons (Fsp3) is 0.147. The molecular formula is C34H23ClFNO4. The molecule has 7 rings (SSSR count). The molecule has 0 bridgehead atoms. The Balaban J connectivity index is 1.56. The van der Waals surface area contributed by atoms with E-state index in [1.165, 1.54) is 13.2 Å². The van der Waals surface area contributed by atoms with Gasteiger partial charge in [-0.05, 0) is 47.5 Å². The van der Waals surface area contributed by atoms with Gasteiger partial charge in [0, 0.05) is 33.3 Å². The van der Waals surface area contributed by atoms with Gasteiger partial charge in [-0.15, -0.1) is 0 Å². The molecule has 1 aliphatic carbocycles. The molecule has 0 radical (unpaired) electrons. The van der Waals surface area contributed by atoms with Gasteiger partial charge in [0.05, 0.1) is 13.2 Å². The number of methoxy groups -OCH3 is 1. The first kappa shape index (κ1) is 25.4. The predicted octanol–water partition coefficient (Wildman–Crippen LogP) is 6.80. The number of hydrogen-bond acceptors (Lipinski definition) is 5. The minimum atomic E-state index is -1.78. The van der Waals surface area contributed by atoms with E-state index in [-0.39, 0.29) is 22.5 Å². The van der Waals surface area contributed by atoms with E-state index in [1.807, 2.05) is 11.0 Å². The maximum Gasteiger partial charge on any atom is 0.186 e. The first-order valence-corrected chi connectivity index (χ1v) is 13.6. The third-order valence-corrected chi connectivity index (χ3v) is 8.86. The molecular weight excluding hydrogens is 541 g/mol. The summed E-state index contributed by atoms with van der Waals surface area (Å²) < 4.78 is 21.2. The highest BCUT2D eigenvalue weighted by molar-refractivity contribution is 6.32. The van der Waals surface area contributed by atoms with Gasteiger partial charge in [0.25, 0.3) is 0 Å². The Kier molecular flexibility index (Phi) is 5.73. The number of rotatable bonds is 4. The maximum atomic E-state index is 15.8. The lowest BCUT2D eigenvalue weighted by molar-refractivity contribution is 0.0664. The SMILES string of the molecule is COc1cccc(C(=O)[C@H]2[C@H](c3ccccc3F)C3(C(=O)c4ccccc4C3=O)[C@@H]3C=Cc4cc(Cl)ccc4N32)c1. The van der Waals surface area contributed by atoms with Gasteiger partial charge in [0.1, 0.15) is 23.0 Å². The molecule has 0 N–H and O–H groups in total. The van der Waals surface area contributed by atoms with Gasteiger partial charge < -0.3 is 9.64 Å². The topological polar surface area (TPSA) is 63.7 Å². The summed E-state index contributed by atoms with van der Waals surface area (Å²) in [5.74, 6) is -2.42. The Bertz CT molecular complexity index is 1780. The largest absolute Gasteiger partial charge is 0.497 e. The van der Waals surface area contributed by atoms with Gasteiger partial charge in [0.15, 0.2) is 17.3 Å². The normalized spacial score (nSPS) is 21.5. The first-order valence-electron chi connectivity index (χ1n) is 13.3. The number of ketones is 3. The average molecular weight is 564 g/mol. The summed E-state index contributed by atoms with van der Waals surface area (Å²) in [4.78, 5) is 45.7. The second-order valence-electron chi connectivity index (χ2n) is 10.5. The summed E-state index contributed by atoms with van der Waals surface area (Å²) in [5, 5.41) is 0.502. The van der Waals surface area contributed by atoms with E-state index in [9.17, 15) is 14.4 Å². The van der Waals surface area contributed by atoms with Crippen LogP contribution in [0.3, 0.4) is 0 Å². The minimum absolute atomic E-state index is 0.140. The first-order chi connectivity index (χ1) is 19.9. The minimum Gasteiger partial charge on any atom is -0.497 e. The van der Waals surface area contributed by atoms with E-state index in [1.54, 1.807) is 91.0 Å². The average Bonchev–Trinajstić information content (AvgIpc) is 3.43. The highest BCUT2D eigenvalue weighted by Crippen LogP contribution is 2.61. The number of benzene rings is 4. The fourth-order valence-corrected chi connectivity index (χ4v) is 7.15. The van der Waals surface area contributed by atoms with Gasteiger partial charge in [-0.25, -0.2) is 4.39 Å². The molecule has 0 amide bonds. The monoisotopic (exact) mass is 563 g/mol. The lowest BCUT2D eigenvalue weighted by Crippen LogP contribution is -2.48. The molecule has 202 valence electrons. The highest BCUT2D eigenvalue weighted by Gasteiger charge is 2.71. The number of halogens is 2. The Hall–Kier alpha value is -4.55. The highest BCUT2D eigenvalue weighted by atomic mass is 35.5.